The first-order chi connectivity index (χ1) is 17.6. The van der Waals surface area contributed by atoms with Crippen LogP contribution >= 0.6 is 67.8 Å². The number of halogens is 5. The number of rotatable bonds is 6. The van der Waals surface area contributed by atoms with E-state index < -0.39 is 17.7 Å². The Morgan fingerprint density at radius 2 is 1.84 bits per heavy atom. The molecular formula is C23H18F2I3N7O2. The lowest BCUT2D eigenvalue weighted by atomic mass is 10.0. The number of carbonyl (C=O) groups is 1. The number of aromatic nitrogens is 4. The molecule has 0 spiro atoms. The third-order valence-corrected chi connectivity index (χ3v) is 9.78. The minimum absolute atomic E-state index is 0.0596. The molecule has 2 saturated carbocycles. The maximum atomic E-state index is 15.3. The van der Waals surface area contributed by atoms with Gasteiger partial charge in [-0.1, -0.05) is 72.9 Å². The van der Waals surface area contributed by atoms with Crippen molar-refractivity contribution >= 4 is 102 Å². The predicted molar refractivity (Wildman–Crippen MR) is 160 cm³/mol. The summed E-state index contributed by atoms with van der Waals surface area (Å²) in [6, 6.07) is 3.30. The van der Waals surface area contributed by atoms with Crippen LogP contribution in [0.25, 0.3) is 22.2 Å². The van der Waals surface area contributed by atoms with Gasteiger partial charge in [0.05, 0.1) is 16.6 Å². The summed E-state index contributed by atoms with van der Waals surface area (Å²) in [4.78, 5) is 20.8. The summed E-state index contributed by atoms with van der Waals surface area (Å²) in [6.07, 6.45) is 6.86. The fourth-order valence-electron chi connectivity index (χ4n) is 4.48. The zero-order chi connectivity index (χ0) is 26.1. The van der Waals surface area contributed by atoms with E-state index in [9.17, 15) is 4.79 Å². The van der Waals surface area contributed by atoms with Crippen molar-refractivity contribution in [3.63, 3.8) is 0 Å². The monoisotopic (exact) mass is 843 g/mol. The summed E-state index contributed by atoms with van der Waals surface area (Å²) in [5.74, 6) is -1.42. The van der Waals surface area contributed by atoms with E-state index in [0.717, 1.165) is 43.5 Å². The van der Waals surface area contributed by atoms with E-state index in [1.807, 2.05) is 4.57 Å². The van der Waals surface area contributed by atoms with Gasteiger partial charge in [0.25, 0.3) is 0 Å². The molecule has 0 atom stereocenters. The van der Waals surface area contributed by atoms with Gasteiger partial charge in [0.2, 0.25) is 5.88 Å². The van der Waals surface area contributed by atoms with Crippen molar-refractivity contribution in [1.29, 1.82) is 0 Å². The van der Waals surface area contributed by atoms with Crippen LogP contribution in [0.4, 0.5) is 31.0 Å². The van der Waals surface area contributed by atoms with Gasteiger partial charge < -0.3 is 20.1 Å². The number of fused-ring (bicyclic) bond motifs is 1. The molecule has 2 aliphatic rings. The minimum Gasteiger partial charge on any atom is -0.383 e. The van der Waals surface area contributed by atoms with Crippen molar-refractivity contribution in [2.24, 2.45) is 0 Å². The first-order valence-corrected chi connectivity index (χ1v) is 14.5. The number of hydrogen-bond donors (Lipinski definition) is 3. The topological polar surface area (TPSA) is 124 Å². The molecule has 2 fully saturated rings. The van der Waals surface area contributed by atoms with Gasteiger partial charge >= 0.3 is 6.03 Å². The number of hydrogen-bond acceptors (Lipinski definition) is 6. The van der Waals surface area contributed by atoms with Gasteiger partial charge in [0, 0.05) is 35.0 Å². The van der Waals surface area contributed by atoms with Gasteiger partial charge in [-0.05, 0) is 37.8 Å². The lowest BCUT2D eigenvalue weighted by Gasteiger charge is -2.22. The summed E-state index contributed by atoms with van der Waals surface area (Å²) in [7, 11) is 0. The van der Waals surface area contributed by atoms with Crippen molar-refractivity contribution < 1.29 is 18.1 Å². The van der Waals surface area contributed by atoms with Crippen LogP contribution in [0.3, 0.4) is 0 Å². The van der Waals surface area contributed by atoms with Crippen LogP contribution in [0.2, 0.25) is 0 Å². The summed E-state index contributed by atoms with van der Waals surface area (Å²) >= 11 is 7.10. The minimum atomic E-state index is -0.853. The Morgan fingerprint density at radius 1 is 1.14 bits per heavy atom. The number of amides is 2. The second-order valence-corrected chi connectivity index (χ2v) is 20.2. The lowest BCUT2D eigenvalue weighted by molar-refractivity contribution is 0.261. The molecule has 0 saturated heterocycles. The van der Waals surface area contributed by atoms with E-state index in [1.165, 1.54) is 6.33 Å². The molecule has 0 bridgehead atoms. The molecule has 4 aromatic rings. The van der Waals surface area contributed by atoms with Gasteiger partial charge in [-0.25, -0.2) is 23.5 Å². The van der Waals surface area contributed by atoms with Gasteiger partial charge in [-0.3, -0.25) is 5.32 Å². The molecule has 6 rings (SSSR count). The van der Waals surface area contributed by atoms with Crippen molar-refractivity contribution in [2.45, 2.75) is 36.6 Å². The number of benzene rings is 1. The number of carbonyl (C=O) groups excluding carboxylic acids is 1. The first kappa shape index (κ1) is 25.4. The molecule has 3 aromatic heterocycles. The summed E-state index contributed by atoms with van der Waals surface area (Å²) < 4.78 is 37.6. The number of nitrogens with zero attached hydrogens (tertiary/aromatic N) is 4. The normalized spacial score (nSPS) is 16.7. The predicted octanol–water partition coefficient (Wildman–Crippen LogP) is 6.92. The van der Waals surface area contributed by atoms with Gasteiger partial charge in [0.15, 0.2) is 0 Å². The Labute approximate surface area is 250 Å². The van der Waals surface area contributed by atoms with E-state index in [-0.39, 0.29) is 39.4 Å². The fourth-order valence-corrected chi connectivity index (χ4v) is 6.92. The van der Waals surface area contributed by atoms with E-state index >= 15 is 8.78 Å². The highest BCUT2D eigenvalue weighted by atomic mass is 127. The van der Waals surface area contributed by atoms with Crippen molar-refractivity contribution in [3.8, 4) is 11.1 Å². The molecule has 0 unspecified atom stereocenters. The van der Waals surface area contributed by atoms with Crippen LogP contribution in [-0.2, 0) is 5.41 Å². The van der Waals surface area contributed by atoms with Crippen molar-refractivity contribution in [1.82, 2.24) is 19.7 Å². The molecule has 192 valence electrons. The summed E-state index contributed by atoms with van der Waals surface area (Å²) in [5.41, 5.74) is 7.20. The molecule has 3 heterocycles. The largest absolute Gasteiger partial charge is 0.383 e. The molecule has 1 aromatic carbocycles. The molecule has 0 radical (unpaired) electrons. The maximum absolute atomic E-state index is 15.3. The van der Waals surface area contributed by atoms with Gasteiger partial charge in [-0.15, -0.1) is 0 Å². The molecule has 9 nitrogen and oxygen atoms in total. The standard InChI is InChI=1S/C23H18F2I3N7O2/c24-13-5-10(32-21(36)33-16-7-15(34-37-16)22(3-4-22)23(26,27)28)6-14(25)17(13)12-8-35(11-1-2-11)20-18(12)19(29)30-9-31-20/h5-9,11H,1-4H2,(H2,29,30,31)(H2,32,33,36). The summed E-state index contributed by atoms with van der Waals surface area (Å²) in [5, 5.41) is 9.51. The fraction of sp³-hybridized carbons (Fsp3) is 0.304. The molecule has 2 amide bonds. The Balaban J connectivity index is 1.24. The Morgan fingerprint density at radius 3 is 2.46 bits per heavy atom. The number of anilines is 3. The average molecular weight is 843 g/mol. The highest BCUT2D eigenvalue weighted by Gasteiger charge is 2.59. The number of nitrogen functional groups attached to an aromatic ring is 1. The van der Waals surface area contributed by atoms with Crippen LogP contribution in [0.15, 0.2) is 35.2 Å². The first-order valence-electron chi connectivity index (χ1n) is 11.3. The van der Waals surface area contributed by atoms with Crippen LogP contribution in [-0.4, -0.2) is 25.2 Å². The smallest absolute Gasteiger partial charge is 0.326 e. The number of alkyl halides is 3. The number of nitrogens with one attached hydrogen (secondary N) is 2. The zero-order valence-electron chi connectivity index (χ0n) is 18.9. The second-order valence-electron chi connectivity index (χ2n) is 9.19. The Hall–Kier alpha value is -1.83. The average Bonchev–Trinajstić information content (AvgIpc) is 3.73. The number of urea groups is 1. The van der Waals surface area contributed by atoms with E-state index in [2.05, 4.69) is 93.5 Å². The van der Waals surface area contributed by atoms with Crippen LogP contribution in [0.1, 0.15) is 37.4 Å². The van der Waals surface area contributed by atoms with Crippen LogP contribution < -0.4 is 16.4 Å². The highest BCUT2D eigenvalue weighted by molar-refractivity contribution is 14.3. The second kappa shape index (κ2) is 9.13. The number of nitrogens with two attached hydrogens (primary N) is 1. The quantitative estimate of drug-likeness (QED) is 0.143. The highest BCUT2D eigenvalue weighted by Crippen LogP contribution is 2.65. The third-order valence-electron chi connectivity index (χ3n) is 6.68. The van der Waals surface area contributed by atoms with Crippen molar-refractivity contribution in [3.05, 3.63) is 48.1 Å². The van der Waals surface area contributed by atoms with Crippen molar-refractivity contribution in [2.75, 3.05) is 16.4 Å². The van der Waals surface area contributed by atoms with Crippen LogP contribution in [0.5, 0.6) is 0 Å². The van der Waals surface area contributed by atoms with E-state index in [4.69, 9.17) is 10.3 Å². The lowest BCUT2D eigenvalue weighted by Crippen LogP contribution is -2.23. The van der Waals surface area contributed by atoms with Gasteiger partial charge in [0.1, 0.15) is 28.9 Å². The maximum Gasteiger partial charge on any atom is 0.326 e. The molecule has 0 aliphatic heterocycles. The Kier molecular flexibility index (Phi) is 6.28. The van der Waals surface area contributed by atoms with E-state index in [1.54, 1.807) is 12.3 Å². The summed E-state index contributed by atoms with van der Waals surface area (Å²) in [6.45, 7) is 0. The molecule has 37 heavy (non-hydrogen) atoms. The third kappa shape index (κ3) is 4.55. The molecule has 4 N–H and O–H groups in total. The molecule has 14 heteroatoms. The van der Waals surface area contributed by atoms with Crippen LogP contribution in [0, 0.1) is 11.6 Å². The molecule has 2 aliphatic carbocycles. The Bertz CT molecular complexity index is 1530. The zero-order valence-corrected chi connectivity index (χ0v) is 25.3. The van der Waals surface area contributed by atoms with Gasteiger partial charge in [-0.2, -0.15) is 0 Å². The van der Waals surface area contributed by atoms with E-state index in [0.29, 0.717) is 11.0 Å². The SMILES string of the molecule is Nc1ncnc2c1c(-c1c(F)cc(NC(=O)Nc3cc(C4(C(I)(I)I)CC4)no3)cc1F)cn2C1CC1. The molecular weight excluding hydrogens is 825 g/mol.